The van der Waals surface area contributed by atoms with Crippen LogP contribution >= 0.6 is 0 Å². The van der Waals surface area contributed by atoms with Crippen molar-refractivity contribution in [2.45, 2.75) is 19.1 Å². The zero-order chi connectivity index (χ0) is 14.5. The number of methoxy groups -OCH3 is 1. The molecule has 5 heteroatoms. The molecule has 0 spiro atoms. The van der Waals surface area contributed by atoms with Crippen molar-refractivity contribution < 1.29 is 19.7 Å². The van der Waals surface area contributed by atoms with Crippen molar-refractivity contribution in [3.63, 3.8) is 0 Å². The molecule has 1 aliphatic heterocycles. The lowest BCUT2D eigenvalue weighted by Crippen LogP contribution is -2.44. The van der Waals surface area contributed by atoms with Crippen LogP contribution in [-0.4, -0.2) is 54.0 Å². The fraction of sp³-hybridized carbons (Fsp3) is 0.533. The molecule has 0 unspecified atom stereocenters. The van der Waals surface area contributed by atoms with Crippen LogP contribution < -0.4 is 0 Å². The van der Waals surface area contributed by atoms with Crippen LogP contribution in [0.2, 0.25) is 0 Å². The van der Waals surface area contributed by atoms with E-state index in [1.807, 2.05) is 18.2 Å². The van der Waals surface area contributed by atoms with E-state index in [0.29, 0.717) is 18.7 Å². The van der Waals surface area contributed by atoms with Crippen molar-refractivity contribution >= 4 is 5.97 Å². The molecule has 110 valence electrons. The molecule has 1 fully saturated rings. The fourth-order valence-corrected chi connectivity index (χ4v) is 2.57. The van der Waals surface area contributed by atoms with Gasteiger partial charge in [0.25, 0.3) is 0 Å². The highest BCUT2D eigenvalue weighted by Gasteiger charge is 2.26. The number of aliphatic hydroxyl groups is 2. The number of rotatable bonds is 4. The predicted molar refractivity (Wildman–Crippen MR) is 74.3 cm³/mol. The Bertz CT molecular complexity index is 463. The number of β-amino-alcohol motifs (C(OH)–C–C–N with tert-alkyl or cyclic N) is 1. The van der Waals surface area contributed by atoms with Gasteiger partial charge in [-0.15, -0.1) is 0 Å². The maximum atomic E-state index is 11.5. The average molecular weight is 279 g/mol. The van der Waals surface area contributed by atoms with Gasteiger partial charge in [-0.1, -0.05) is 12.1 Å². The van der Waals surface area contributed by atoms with E-state index in [1.165, 1.54) is 7.11 Å². The first-order valence-corrected chi connectivity index (χ1v) is 6.82. The molecule has 2 N–H and O–H groups in total. The summed E-state index contributed by atoms with van der Waals surface area (Å²) in [6.45, 7) is 2.10. The molecule has 0 aromatic heterocycles. The Kier molecular flexibility index (Phi) is 5.11. The number of hydrogen-bond acceptors (Lipinski definition) is 5. The molecule has 2 rings (SSSR count). The minimum Gasteiger partial charge on any atom is -0.465 e. The normalized spacial score (nSPS) is 23.6. The van der Waals surface area contributed by atoms with Crippen molar-refractivity contribution in [3.05, 3.63) is 35.4 Å². The van der Waals surface area contributed by atoms with Gasteiger partial charge in [0.05, 0.1) is 18.8 Å². The van der Waals surface area contributed by atoms with Crippen LogP contribution in [0.1, 0.15) is 22.3 Å². The minimum atomic E-state index is -0.488. The standard InChI is InChI=1S/C15H21NO4/c1-20-15(19)12-4-2-3-11(7-12)8-16-6-5-13(10-17)14(18)9-16/h2-4,7,13-14,17-18H,5-6,8-10H2,1H3/t13-,14-/m1/s1. The molecular weight excluding hydrogens is 258 g/mol. The van der Waals surface area contributed by atoms with Crippen molar-refractivity contribution in [2.75, 3.05) is 26.8 Å². The summed E-state index contributed by atoms with van der Waals surface area (Å²) in [6, 6.07) is 7.33. The Morgan fingerprint density at radius 2 is 2.30 bits per heavy atom. The quantitative estimate of drug-likeness (QED) is 0.792. The number of likely N-dealkylation sites (tertiary alicyclic amines) is 1. The van der Waals surface area contributed by atoms with Crippen LogP contribution in [0.4, 0.5) is 0 Å². The number of aliphatic hydroxyl groups excluding tert-OH is 2. The third-order valence-electron chi connectivity index (χ3n) is 3.79. The molecule has 1 aromatic rings. The number of esters is 1. The largest absolute Gasteiger partial charge is 0.465 e. The molecule has 1 heterocycles. The minimum absolute atomic E-state index is 0.0207. The highest BCUT2D eigenvalue weighted by atomic mass is 16.5. The first-order chi connectivity index (χ1) is 9.63. The van der Waals surface area contributed by atoms with Crippen molar-refractivity contribution in [2.24, 2.45) is 5.92 Å². The summed E-state index contributed by atoms with van der Waals surface area (Å²) >= 11 is 0. The van der Waals surface area contributed by atoms with Crippen LogP contribution in [0.15, 0.2) is 24.3 Å². The summed E-state index contributed by atoms with van der Waals surface area (Å²) in [5.74, 6) is -0.362. The van der Waals surface area contributed by atoms with E-state index in [9.17, 15) is 9.90 Å². The third-order valence-corrected chi connectivity index (χ3v) is 3.79. The van der Waals surface area contributed by atoms with Gasteiger partial charge in [0.2, 0.25) is 0 Å². The van der Waals surface area contributed by atoms with Gasteiger partial charge in [0.1, 0.15) is 0 Å². The zero-order valence-corrected chi connectivity index (χ0v) is 11.7. The van der Waals surface area contributed by atoms with E-state index in [4.69, 9.17) is 9.84 Å². The van der Waals surface area contributed by atoms with Gasteiger partial charge in [0, 0.05) is 25.6 Å². The van der Waals surface area contributed by atoms with E-state index in [1.54, 1.807) is 6.07 Å². The first-order valence-electron chi connectivity index (χ1n) is 6.82. The molecule has 0 radical (unpaired) electrons. The summed E-state index contributed by atoms with van der Waals surface area (Å²) in [4.78, 5) is 13.6. The summed E-state index contributed by atoms with van der Waals surface area (Å²) in [5.41, 5.74) is 1.55. The van der Waals surface area contributed by atoms with E-state index < -0.39 is 6.10 Å². The molecule has 20 heavy (non-hydrogen) atoms. The molecule has 1 saturated heterocycles. The van der Waals surface area contributed by atoms with Crippen LogP contribution in [-0.2, 0) is 11.3 Å². The smallest absolute Gasteiger partial charge is 0.337 e. The molecule has 0 bridgehead atoms. The van der Waals surface area contributed by atoms with Crippen LogP contribution in [0.5, 0.6) is 0 Å². The number of carbonyl (C=O) groups excluding carboxylic acids is 1. The molecule has 0 amide bonds. The summed E-state index contributed by atoms with van der Waals surface area (Å²) in [5, 5.41) is 19.1. The Morgan fingerprint density at radius 3 is 2.95 bits per heavy atom. The van der Waals surface area contributed by atoms with Gasteiger partial charge in [0.15, 0.2) is 0 Å². The van der Waals surface area contributed by atoms with Crippen molar-refractivity contribution in [1.82, 2.24) is 4.90 Å². The average Bonchev–Trinajstić information content (AvgIpc) is 2.47. The van der Waals surface area contributed by atoms with Crippen molar-refractivity contribution in [1.29, 1.82) is 0 Å². The van der Waals surface area contributed by atoms with Gasteiger partial charge in [-0.05, 0) is 30.7 Å². The lowest BCUT2D eigenvalue weighted by molar-refractivity contribution is -0.00446. The summed E-state index contributed by atoms with van der Waals surface area (Å²) < 4.78 is 4.71. The maximum absolute atomic E-state index is 11.5. The molecule has 1 aliphatic rings. The maximum Gasteiger partial charge on any atom is 0.337 e. The zero-order valence-electron chi connectivity index (χ0n) is 11.7. The number of carbonyl (C=O) groups is 1. The van der Waals surface area contributed by atoms with E-state index in [0.717, 1.165) is 18.5 Å². The monoisotopic (exact) mass is 279 g/mol. The second-order valence-electron chi connectivity index (χ2n) is 5.23. The van der Waals surface area contributed by atoms with Crippen LogP contribution in [0.25, 0.3) is 0 Å². The molecule has 0 aliphatic carbocycles. The van der Waals surface area contributed by atoms with Gasteiger partial charge in [-0.25, -0.2) is 4.79 Å². The lowest BCUT2D eigenvalue weighted by Gasteiger charge is -2.35. The van der Waals surface area contributed by atoms with E-state index in [2.05, 4.69) is 4.90 Å². The fourth-order valence-electron chi connectivity index (χ4n) is 2.57. The molecule has 5 nitrogen and oxygen atoms in total. The Hall–Kier alpha value is -1.43. The number of nitrogens with zero attached hydrogens (tertiary/aromatic N) is 1. The first kappa shape index (κ1) is 15.0. The number of hydrogen-bond donors (Lipinski definition) is 2. The predicted octanol–water partition coefficient (Wildman–Crippen LogP) is 0.648. The lowest BCUT2D eigenvalue weighted by atomic mass is 9.94. The second-order valence-corrected chi connectivity index (χ2v) is 5.23. The van der Waals surface area contributed by atoms with Crippen molar-refractivity contribution in [3.8, 4) is 0 Å². The second kappa shape index (κ2) is 6.83. The Balaban J connectivity index is 1.99. The topological polar surface area (TPSA) is 70.0 Å². The highest BCUT2D eigenvalue weighted by Crippen LogP contribution is 2.19. The number of piperidine rings is 1. The van der Waals surface area contributed by atoms with Gasteiger partial charge in [-0.2, -0.15) is 0 Å². The Labute approximate surface area is 118 Å². The Morgan fingerprint density at radius 1 is 1.50 bits per heavy atom. The SMILES string of the molecule is COC(=O)c1cccc(CN2CC[C@H](CO)[C@H](O)C2)c1. The van der Waals surface area contributed by atoms with Gasteiger partial charge in [-0.3, -0.25) is 4.90 Å². The third kappa shape index (κ3) is 3.56. The molecule has 2 atom stereocenters. The summed E-state index contributed by atoms with van der Waals surface area (Å²) in [6.07, 6.45) is 0.298. The number of benzene rings is 1. The van der Waals surface area contributed by atoms with Crippen LogP contribution in [0, 0.1) is 5.92 Å². The van der Waals surface area contributed by atoms with E-state index >= 15 is 0 Å². The van der Waals surface area contributed by atoms with Gasteiger partial charge >= 0.3 is 5.97 Å². The molecule has 1 aromatic carbocycles. The van der Waals surface area contributed by atoms with Crippen LogP contribution in [0.3, 0.4) is 0 Å². The molecule has 0 saturated carbocycles. The number of ether oxygens (including phenoxy) is 1. The summed E-state index contributed by atoms with van der Waals surface area (Å²) in [7, 11) is 1.37. The molecular formula is C15H21NO4. The van der Waals surface area contributed by atoms with E-state index in [-0.39, 0.29) is 18.5 Å². The highest BCUT2D eigenvalue weighted by molar-refractivity contribution is 5.89. The van der Waals surface area contributed by atoms with Gasteiger partial charge < -0.3 is 14.9 Å².